The lowest BCUT2D eigenvalue weighted by molar-refractivity contribution is 0.119. The van der Waals surface area contributed by atoms with Crippen molar-refractivity contribution in [2.24, 2.45) is 5.92 Å². The molecule has 1 aliphatic rings. The van der Waals surface area contributed by atoms with E-state index in [0.29, 0.717) is 6.54 Å². The number of likely N-dealkylation sites (N-methyl/N-ethyl adjacent to an activating group) is 1. The fraction of sp³-hybridized carbons (Fsp3) is 0.625. The first kappa shape index (κ1) is 15.3. The SMILES string of the molecule is COc1ccc(C(O)CN(C)CC2CCN(C)C2)cc1. The second-order valence-corrected chi connectivity index (χ2v) is 5.93. The lowest BCUT2D eigenvalue weighted by Gasteiger charge is -2.23. The highest BCUT2D eigenvalue weighted by atomic mass is 16.5. The highest BCUT2D eigenvalue weighted by Crippen LogP contribution is 2.20. The number of likely N-dealkylation sites (tertiary alicyclic amines) is 1. The first-order chi connectivity index (χ1) is 9.58. The Kier molecular flexibility index (Phi) is 5.40. The van der Waals surface area contributed by atoms with Crippen LogP contribution < -0.4 is 4.74 Å². The van der Waals surface area contributed by atoms with Gasteiger partial charge in [-0.25, -0.2) is 0 Å². The van der Waals surface area contributed by atoms with E-state index in [9.17, 15) is 5.11 Å². The zero-order valence-corrected chi connectivity index (χ0v) is 12.7. The number of methoxy groups -OCH3 is 1. The van der Waals surface area contributed by atoms with Gasteiger partial charge in [-0.2, -0.15) is 0 Å². The van der Waals surface area contributed by atoms with Crippen molar-refractivity contribution in [3.63, 3.8) is 0 Å². The molecular formula is C16H26N2O2. The summed E-state index contributed by atoms with van der Waals surface area (Å²) in [5, 5.41) is 10.3. The molecule has 0 radical (unpaired) electrons. The molecular weight excluding hydrogens is 252 g/mol. The average molecular weight is 278 g/mol. The van der Waals surface area contributed by atoms with Crippen molar-refractivity contribution in [1.29, 1.82) is 0 Å². The van der Waals surface area contributed by atoms with Crippen molar-refractivity contribution in [3.8, 4) is 5.75 Å². The van der Waals surface area contributed by atoms with Gasteiger partial charge in [0.2, 0.25) is 0 Å². The summed E-state index contributed by atoms with van der Waals surface area (Å²) >= 11 is 0. The van der Waals surface area contributed by atoms with Crippen molar-refractivity contribution < 1.29 is 9.84 Å². The van der Waals surface area contributed by atoms with E-state index < -0.39 is 6.10 Å². The average Bonchev–Trinajstić information content (AvgIpc) is 2.84. The van der Waals surface area contributed by atoms with E-state index in [1.165, 1.54) is 19.5 Å². The standard InChI is InChI=1S/C16H26N2O2/c1-17-9-8-13(10-17)11-18(2)12-16(19)14-4-6-15(20-3)7-5-14/h4-7,13,16,19H,8-12H2,1-3H3. The van der Waals surface area contributed by atoms with Gasteiger partial charge in [-0.05, 0) is 50.7 Å². The number of rotatable bonds is 6. The maximum absolute atomic E-state index is 10.3. The van der Waals surface area contributed by atoms with E-state index in [1.807, 2.05) is 24.3 Å². The third-order valence-electron chi connectivity index (χ3n) is 4.04. The van der Waals surface area contributed by atoms with Crippen LogP contribution in [0, 0.1) is 5.92 Å². The predicted octanol–water partition coefficient (Wildman–Crippen LogP) is 1.61. The van der Waals surface area contributed by atoms with Gasteiger partial charge in [-0.15, -0.1) is 0 Å². The maximum Gasteiger partial charge on any atom is 0.118 e. The summed E-state index contributed by atoms with van der Waals surface area (Å²) in [7, 11) is 5.91. The summed E-state index contributed by atoms with van der Waals surface area (Å²) in [6.07, 6.45) is 0.824. The maximum atomic E-state index is 10.3. The molecule has 0 bridgehead atoms. The summed E-state index contributed by atoms with van der Waals surface area (Å²) in [6, 6.07) is 7.65. The smallest absolute Gasteiger partial charge is 0.118 e. The van der Waals surface area contributed by atoms with Crippen LogP contribution in [0.25, 0.3) is 0 Å². The van der Waals surface area contributed by atoms with Gasteiger partial charge in [0.25, 0.3) is 0 Å². The Hall–Kier alpha value is -1.10. The van der Waals surface area contributed by atoms with E-state index in [4.69, 9.17) is 4.74 Å². The van der Waals surface area contributed by atoms with Crippen molar-refractivity contribution >= 4 is 0 Å². The molecule has 4 nitrogen and oxygen atoms in total. The van der Waals surface area contributed by atoms with Gasteiger partial charge in [0.15, 0.2) is 0 Å². The molecule has 4 heteroatoms. The molecule has 0 spiro atoms. The van der Waals surface area contributed by atoms with Gasteiger partial charge < -0.3 is 19.6 Å². The van der Waals surface area contributed by atoms with E-state index in [1.54, 1.807) is 7.11 Å². The molecule has 2 rings (SSSR count). The molecule has 2 atom stereocenters. The molecule has 1 aromatic rings. The van der Waals surface area contributed by atoms with Crippen molar-refractivity contribution in [1.82, 2.24) is 9.80 Å². The van der Waals surface area contributed by atoms with Gasteiger partial charge in [-0.1, -0.05) is 12.1 Å². The molecule has 1 aliphatic heterocycles. The molecule has 1 aromatic carbocycles. The highest BCUT2D eigenvalue weighted by molar-refractivity contribution is 5.28. The van der Waals surface area contributed by atoms with Gasteiger partial charge in [-0.3, -0.25) is 0 Å². The zero-order valence-electron chi connectivity index (χ0n) is 12.7. The molecule has 0 aliphatic carbocycles. The Labute approximate surface area is 122 Å². The Morgan fingerprint density at radius 3 is 2.65 bits per heavy atom. The zero-order chi connectivity index (χ0) is 14.5. The summed E-state index contributed by atoms with van der Waals surface area (Å²) in [6.45, 7) is 4.09. The van der Waals surface area contributed by atoms with Crippen molar-refractivity contribution in [2.45, 2.75) is 12.5 Å². The molecule has 2 unspecified atom stereocenters. The van der Waals surface area contributed by atoms with Crippen LogP contribution in [0.3, 0.4) is 0 Å². The van der Waals surface area contributed by atoms with E-state index in [0.717, 1.165) is 23.8 Å². The first-order valence-corrected chi connectivity index (χ1v) is 7.27. The second-order valence-electron chi connectivity index (χ2n) is 5.93. The van der Waals surface area contributed by atoms with E-state index in [2.05, 4.69) is 23.9 Å². The summed E-state index contributed by atoms with van der Waals surface area (Å²) in [5.74, 6) is 1.55. The van der Waals surface area contributed by atoms with Crippen LogP contribution in [0.5, 0.6) is 5.75 Å². The summed E-state index contributed by atoms with van der Waals surface area (Å²) in [5.41, 5.74) is 0.946. The molecule has 20 heavy (non-hydrogen) atoms. The molecule has 0 saturated carbocycles. The van der Waals surface area contributed by atoms with E-state index >= 15 is 0 Å². The fourth-order valence-corrected chi connectivity index (χ4v) is 2.92. The normalized spacial score (nSPS) is 21.4. The fourth-order valence-electron chi connectivity index (χ4n) is 2.92. The first-order valence-electron chi connectivity index (χ1n) is 7.27. The molecule has 0 amide bonds. The van der Waals surface area contributed by atoms with Gasteiger partial charge >= 0.3 is 0 Å². The summed E-state index contributed by atoms with van der Waals surface area (Å²) in [4.78, 5) is 4.61. The van der Waals surface area contributed by atoms with Crippen LogP contribution in [0.15, 0.2) is 24.3 Å². The van der Waals surface area contributed by atoms with Crippen LogP contribution >= 0.6 is 0 Å². The largest absolute Gasteiger partial charge is 0.497 e. The van der Waals surface area contributed by atoms with Crippen LogP contribution in [0.1, 0.15) is 18.1 Å². The number of aliphatic hydroxyl groups is 1. The third kappa shape index (κ3) is 4.20. The lowest BCUT2D eigenvalue weighted by Crippen LogP contribution is -2.31. The monoisotopic (exact) mass is 278 g/mol. The summed E-state index contributed by atoms with van der Waals surface area (Å²) < 4.78 is 5.13. The molecule has 112 valence electrons. The number of aliphatic hydroxyl groups excluding tert-OH is 1. The Balaban J connectivity index is 1.81. The molecule has 0 aromatic heterocycles. The van der Waals surface area contributed by atoms with Crippen LogP contribution in [0.2, 0.25) is 0 Å². The van der Waals surface area contributed by atoms with Crippen LogP contribution in [-0.4, -0.2) is 62.3 Å². The number of benzene rings is 1. The number of nitrogens with zero attached hydrogens (tertiary/aromatic N) is 2. The van der Waals surface area contributed by atoms with E-state index in [-0.39, 0.29) is 0 Å². The minimum absolute atomic E-state index is 0.440. The predicted molar refractivity (Wildman–Crippen MR) is 81.1 cm³/mol. The number of hydrogen-bond donors (Lipinski definition) is 1. The number of hydrogen-bond acceptors (Lipinski definition) is 4. The Morgan fingerprint density at radius 1 is 1.40 bits per heavy atom. The molecule has 1 heterocycles. The van der Waals surface area contributed by atoms with Gasteiger partial charge in [0.1, 0.15) is 5.75 Å². The van der Waals surface area contributed by atoms with Crippen molar-refractivity contribution in [2.75, 3.05) is 47.4 Å². The minimum Gasteiger partial charge on any atom is -0.497 e. The molecule has 1 saturated heterocycles. The Morgan fingerprint density at radius 2 is 2.10 bits per heavy atom. The lowest BCUT2D eigenvalue weighted by atomic mass is 10.1. The van der Waals surface area contributed by atoms with Gasteiger partial charge in [0, 0.05) is 19.6 Å². The molecule has 1 N–H and O–H groups in total. The second kappa shape index (κ2) is 7.07. The molecule has 1 fully saturated rings. The number of ether oxygens (including phenoxy) is 1. The Bertz CT molecular complexity index is 407. The topological polar surface area (TPSA) is 35.9 Å². The van der Waals surface area contributed by atoms with Crippen LogP contribution in [-0.2, 0) is 0 Å². The highest BCUT2D eigenvalue weighted by Gasteiger charge is 2.21. The minimum atomic E-state index is -0.440. The van der Waals surface area contributed by atoms with Crippen LogP contribution in [0.4, 0.5) is 0 Å². The third-order valence-corrected chi connectivity index (χ3v) is 4.04. The van der Waals surface area contributed by atoms with Crippen molar-refractivity contribution in [3.05, 3.63) is 29.8 Å². The van der Waals surface area contributed by atoms with Gasteiger partial charge in [0.05, 0.1) is 13.2 Å². The quantitative estimate of drug-likeness (QED) is 0.857.